The SMILES string of the molecule is CCOCCN(C)Cc1ccc(NN)nc1. The molecule has 0 unspecified atom stereocenters. The number of nitrogen functional groups attached to an aromatic ring is 1. The van der Waals surface area contributed by atoms with Gasteiger partial charge in [0.05, 0.1) is 6.61 Å². The van der Waals surface area contributed by atoms with Crippen LogP contribution in [0.25, 0.3) is 0 Å². The Balaban J connectivity index is 2.34. The van der Waals surface area contributed by atoms with Gasteiger partial charge in [-0.1, -0.05) is 6.07 Å². The maximum Gasteiger partial charge on any atom is 0.139 e. The average molecular weight is 224 g/mol. The van der Waals surface area contributed by atoms with Crippen molar-refractivity contribution in [3.8, 4) is 0 Å². The molecule has 90 valence electrons. The van der Waals surface area contributed by atoms with Gasteiger partial charge in [0.2, 0.25) is 0 Å². The minimum Gasteiger partial charge on any atom is -0.380 e. The molecule has 16 heavy (non-hydrogen) atoms. The number of likely N-dealkylation sites (N-methyl/N-ethyl adjacent to an activating group) is 1. The molecule has 0 spiro atoms. The van der Waals surface area contributed by atoms with E-state index >= 15 is 0 Å². The number of aromatic nitrogens is 1. The quantitative estimate of drug-likeness (QED) is 0.408. The first-order valence-electron chi connectivity index (χ1n) is 5.44. The number of hydrogen-bond acceptors (Lipinski definition) is 5. The maximum atomic E-state index is 5.29. The lowest BCUT2D eigenvalue weighted by molar-refractivity contribution is 0.120. The van der Waals surface area contributed by atoms with E-state index < -0.39 is 0 Å². The Morgan fingerprint density at radius 3 is 2.88 bits per heavy atom. The van der Waals surface area contributed by atoms with Crippen LogP contribution < -0.4 is 11.3 Å². The zero-order chi connectivity index (χ0) is 11.8. The average Bonchev–Trinajstić information content (AvgIpc) is 2.30. The summed E-state index contributed by atoms with van der Waals surface area (Å²) in [4.78, 5) is 6.35. The smallest absolute Gasteiger partial charge is 0.139 e. The summed E-state index contributed by atoms with van der Waals surface area (Å²) in [5.41, 5.74) is 3.67. The number of pyridine rings is 1. The molecule has 5 nitrogen and oxygen atoms in total. The number of nitrogens with zero attached hydrogens (tertiary/aromatic N) is 2. The predicted molar refractivity (Wildman–Crippen MR) is 64.9 cm³/mol. The lowest BCUT2D eigenvalue weighted by Gasteiger charge is -2.16. The summed E-state index contributed by atoms with van der Waals surface area (Å²) in [5, 5.41) is 0. The van der Waals surface area contributed by atoms with Crippen LogP contribution in [0.1, 0.15) is 12.5 Å². The highest BCUT2D eigenvalue weighted by Crippen LogP contribution is 2.05. The van der Waals surface area contributed by atoms with Crippen molar-refractivity contribution in [1.82, 2.24) is 9.88 Å². The first-order valence-corrected chi connectivity index (χ1v) is 5.44. The van der Waals surface area contributed by atoms with Gasteiger partial charge in [-0.2, -0.15) is 0 Å². The molecule has 0 aliphatic heterocycles. The molecular formula is C11H20N4O. The molecule has 0 aromatic carbocycles. The fraction of sp³-hybridized carbons (Fsp3) is 0.545. The van der Waals surface area contributed by atoms with Gasteiger partial charge in [-0.05, 0) is 25.6 Å². The molecule has 1 aromatic rings. The van der Waals surface area contributed by atoms with E-state index in [1.807, 2.05) is 25.3 Å². The van der Waals surface area contributed by atoms with Crippen LogP contribution in [0.4, 0.5) is 5.82 Å². The Hall–Kier alpha value is -1.17. The Morgan fingerprint density at radius 1 is 1.50 bits per heavy atom. The first kappa shape index (κ1) is 12.9. The minimum absolute atomic E-state index is 0.681. The highest BCUT2D eigenvalue weighted by molar-refractivity contribution is 5.33. The van der Waals surface area contributed by atoms with Crippen LogP contribution in [-0.4, -0.2) is 36.7 Å². The summed E-state index contributed by atoms with van der Waals surface area (Å²) in [5.74, 6) is 5.92. The van der Waals surface area contributed by atoms with E-state index in [9.17, 15) is 0 Å². The Bertz CT molecular complexity index is 289. The predicted octanol–water partition coefficient (Wildman–Crippen LogP) is 0.835. The van der Waals surface area contributed by atoms with Gasteiger partial charge in [-0.3, -0.25) is 4.90 Å². The van der Waals surface area contributed by atoms with Crippen molar-refractivity contribution in [3.05, 3.63) is 23.9 Å². The summed E-state index contributed by atoms with van der Waals surface area (Å²) in [6.07, 6.45) is 1.83. The molecule has 1 heterocycles. The summed E-state index contributed by atoms with van der Waals surface area (Å²) < 4.78 is 5.29. The molecule has 0 bridgehead atoms. The van der Waals surface area contributed by atoms with E-state index in [1.54, 1.807) is 0 Å². The molecule has 0 aliphatic carbocycles. The van der Waals surface area contributed by atoms with Crippen molar-refractivity contribution >= 4 is 5.82 Å². The Morgan fingerprint density at radius 2 is 2.31 bits per heavy atom. The molecule has 0 fully saturated rings. The van der Waals surface area contributed by atoms with Crippen LogP contribution >= 0.6 is 0 Å². The third-order valence-electron chi connectivity index (χ3n) is 2.25. The number of anilines is 1. The lowest BCUT2D eigenvalue weighted by Crippen LogP contribution is -2.22. The highest BCUT2D eigenvalue weighted by atomic mass is 16.5. The van der Waals surface area contributed by atoms with Crippen LogP contribution in [0.15, 0.2) is 18.3 Å². The standard InChI is InChI=1S/C11H20N4O/c1-3-16-7-6-15(2)9-10-4-5-11(14-12)13-8-10/h4-5,8H,3,6-7,9,12H2,1-2H3,(H,13,14). The Labute approximate surface area is 96.6 Å². The molecule has 0 aliphatic rings. The molecule has 3 N–H and O–H groups in total. The fourth-order valence-corrected chi connectivity index (χ4v) is 1.36. The van der Waals surface area contributed by atoms with E-state index in [0.29, 0.717) is 5.82 Å². The topological polar surface area (TPSA) is 63.4 Å². The van der Waals surface area contributed by atoms with E-state index in [0.717, 1.165) is 31.9 Å². The summed E-state index contributed by atoms with van der Waals surface area (Å²) >= 11 is 0. The summed E-state index contributed by atoms with van der Waals surface area (Å²) in [6.45, 7) is 5.33. The van der Waals surface area contributed by atoms with Gasteiger partial charge in [0.25, 0.3) is 0 Å². The number of hydrogen-bond donors (Lipinski definition) is 2. The number of nitrogens with one attached hydrogen (secondary N) is 1. The zero-order valence-corrected chi connectivity index (χ0v) is 9.94. The fourth-order valence-electron chi connectivity index (χ4n) is 1.36. The molecule has 0 amide bonds. The third kappa shape index (κ3) is 4.57. The lowest BCUT2D eigenvalue weighted by atomic mass is 10.2. The van der Waals surface area contributed by atoms with Crippen molar-refractivity contribution in [2.45, 2.75) is 13.5 Å². The number of ether oxygens (including phenoxy) is 1. The molecule has 5 heteroatoms. The third-order valence-corrected chi connectivity index (χ3v) is 2.25. The van der Waals surface area contributed by atoms with E-state index in [4.69, 9.17) is 10.6 Å². The van der Waals surface area contributed by atoms with Crippen LogP contribution in [-0.2, 0) is 11.3 Å². The second-order valence-corrected chi connectivity index (χ2v) is 3.63. The van der Waals surface area contributed by atoms with Gasteiger partial charge >= 0.3 is 0 Å². The van der Waals surface area contributed by atoms with Crippen molar-refractivity contribution in [1.29, 1.82) is 0 Å². The van der Waals surface area contributed by atoms with Gasteiger partial charge in [0, 0.05) is 25.9 Å². The van der Waals surface area contributed by atoms with Gasteiger partial charge in [0.15, 0.2) is 0 Å². The van der Waals surface area contributed by atoms with Gasteiger partial charge in [0.1, 0.15) is 5.82 Å². The van der Waals surface area contributed by atoms with Crippen LogP contribution in [0.3, 0.4) is 0 Å². The normalized spacial score (nSPS) is 10.8. The summed E-state index contributed by atoms with van der Waals surface area (Å²) in [6, 6.07) is 3.88. The molecule has 0 saturated carbocycles. The van der Waals surface area contributed by atoms with Crippen molar-refractivity contribution in [2.75, 3.05) is 32.2 Å². The molecule has 1 rings (SSSR count). The van der Waals surface area contributed by atoms with Crippen LogP contribution in [0, 0.1) is 0 Å². The van der Waals surface area contributed by atoms with Crippen molar-refractivity contribution in [3.63, 3.8) is 0 Å². The van der Waals surface area contributed by atoms with Gasteiger partial charge in [-0.15, -0.1) is 0 Å². The van der Waals surface area contributed by atoms with Crippen LogP contribution in [0.5, 0.6) is 0 Å². The van der Waals surface area contributed by atoms with Crippen LogP contribution in [0.2, 0.25) is 0 Å². The number of nitrogens with two attached hydrogens (primary N) is 1. The summed E-state index contributed by atoms with van der Waals surface area (Å²) in [7, 11) is 2.06. The first-order chi connectivity index (χ1) is 7.76. The van der Waals surface area contributed by atoms with Gasteiger partial charge in [-0.25, -0.2) is 10.8 Å². The Kier molecular flexibility index (Phi) is 5.77. The van der Waals surface area contributed by atoms with Crippen molar-refractivity contribution in [2.24, 2.45) is 5.84 Å². The molecular weight excluding hydrogens is 204 g/mol. The number of hydrazine groups is 1. The second-order valence-electron chi connectivity index (χ2n) is 3.63. The van der Waals surface area contributed by atoms with Crippen molar-refractivity contribution < 1.29 is 4.74 Å². The maximum absolute atomic E-state index is 5.29. The number of rotatable bonds is 7. The largest absolute Gasteiger partial charge is 0.380 e. The van der Waals surface area contributed by atoms with E-state index in [-0.39, 0.29) is 0 Å². The zero-order valence-electron chi connectivity index (χ0n) is 9.94. The highest BCUT2D eigenvalue weighted by Gasteiger charge is 2.00. The minimum atomic E-state index is 0.681. The van der Waals surface area contributed by atoms with Gasteiger partial charge < -0.3 is 10.2 Å². The van der Waals surface area contributed by atoms with E-state index in [1.165, 1.54) is 0 Å². The van der Waals surface area contributed by atoms with E-state index in [2.05, 4.69) is 22.4 Å². The molecule has 0 atom stereocenters. The molecule has 0 saturated heterocycles. The second kappa shape index (κ2) is 7.16. The molecule has 0 radical (unpaired) electrons. The monoisotopic (exact) mass is 224 g/mol. The molecule has 1 aromatic heterocycles.